The third-order valence-electron chi connectivity index (χ3n) is 3.10. The first-order valence-electron chi connectivity index (χ1n) is 12.0. The van der Waals surface area contributed by atoms with Crippen LogP contribution in [0.5, 0.6) is 0 Å². The fraction of sp³-hybridized carbons (Fsp3) is 0.769. The third-order valence-corrected chi connectivity index (χ3v) is 3.10. The van der Waals surface area contributed by atoms with Gasteiger partial charge in [0, 0.05) is 0 Å². The molecule has 0 N–H and O–H groups in total. The standard InChI is InChI=1S/3C6H14N.C5H5.C3H5O2.Ti/c3*1-3-5-7-6-4-2;1-2-4-5-3-1;1-3(4)5-2;/h3*3-6H2,1-2H3;1-3H,4H2;1H2,2H3;/q5*-1;+3. The van der Waals surface area contributed by atoms with Gasteiger partial charge in [0.1, 0.15) is 0 Å². The van der Waals surface area contributed by atoms with Gasteiger partial charge in [-0.3, -0.25) is 17.8 Å². The molecule has 32 heavy (non-hydrogen) atoms. The van der Waals surface area contributed by atoms with Gasteiger partial charge >= 0.3 is 21.7 Å². The number of allylic oxidation sites excluding steroid dienone is 4. The number of esters is 1. The second-order valence-corrected chi connectivity index (χ2v) is 6.59. The smallest absolute Gasteiger partial charge is 0.662 e. The molecule has 0 bridgehead atoms. The molecule has 0 amide bonds. The summed E-state index contributed by atoms with van der Waals surface area (Å²) in [7, 11) is 1.29. The summed E-state index contributed by atoms with van der Waals surface area (Å²) in [5.41, 5.74) is 0. The van der Waals surface area contributed by atoms with Gasteiger partial charge in [0.05, 0.1) is 7.11 Å². The topological polar surface area (TPSA) is 68.6 Å². The monoisotopic (exact) mass is 486 g/mol. The molecule has 0 saturated heterocycles. The maximum Gasteiger partial charge on any atom is 3.00 e. The van der Waals surface area contributed by atoms with Crippen LogP contribution in [-0.2, 0) is 31.2 Å². The minimum Gasteiger partial charge on any atom is -0.662 e. The Kier molecular flexibility index (Phi) is 62.5. The summed E-state index contributed by atoms with van der Waals surface area (Å²) in [6.07, 6.45) is 17.2. The maximum absolute atomic E-state index is 9.48. The minimum atomic E-state index is -0.495. The summed E-state index contributed by atoms with van der Waals surface area (Å²) in [5, 5.41) is 12.6. The SMILES string of the molecule is CCC[N-]CCC.CCC[N-]CCC.CCC[N-]CCC.[C-]1=CC=CC1.[CH2-]C(=O)OC.[Ti+3]. The first kappa shape index (κ1) is 41.6. The van der Waals surface area contributed by atoms with E-state index < -0.39 is 5.97 Å². The van der Waals surface area contributed by atoms with Gasteiger partial charge in [-0.2, -0.15) is 6.08 Å². The zero-order valence-corrected chi connectivity index (χ0v) is 23.9. The Labute approximate surface area is 216 Å². The molecule has 0 aliphatic heterocycles. The van der Waals surface area contributed by atoms with Crippen LogP contribution in [0.4, 0.5) is 0 Å². The molecule has 0 unspecified atom stereocenters. The van der Waals surface area contributed by atoms with Crippen molar-refractivity contribution in [3.05, 3.63) is 47.2 Å². The summed E-state index contributed by atoms with van der Waals surface area (Å²) in [6, 6.07) is 0. The number of hydrogen-bond acceptors (Lipinski definition) is 2. The molecule has 0 aromatic heterocycles. The van der Waals surface area contributed by atoms with Crippen LogP contribution < -0.4 is 0 Å². The van der Waals surface area contributed by atoms with Gasteiger partial charge in [0.15, 0.2) is 5.97 Å². The first-order valence-corrected chi connectivity index (χ1v) is 12.0. The van der Waals surface area contributed by atoms with Gasteiger partial charge in [0.25, 0.3) is 0 Å². The van der Waals surface area contributed by atoms with Crippen LogP contribution in [0.1, 0.15) is 86.5 Å². The minimum absolute atomic E-state index is 0. The molecule has 0 saturated carbocycles. The number of methoxy groups -OCH3 is 1. The van der Waals surface area contributed by atoms with Crippen molar-refractivity contribution in [1.29, 1.82) is 0 Å². The van der Waals surface area contributed by atoms with Crippen LogP contribution in [0, 0.1) is 13.0 Å². The molecule has 1 radical (unpaired) electrons. The van der Waals surface area contributed by atoms with Gasteiger partial charge < -0.3 is 20.7 Å². The van der Waals surface area contributed by atoms with Gasteiger partial charge in [-0.05, 0) is 0 Å². The van der Waals surface area contributed by atoms with E-state index in [1.165, 1.54) is 45.6 Å². The fourth-order valence-electron chi connectivity index (χ4n) is 1.62. The molecule has 0 heterocycles. The molecular weight excluding hydrogens is 434 g/mol. The number of hydrogen-bond donors (Lipinski definition) is 0. The second-order valence-electron chi connectivity index (χ2n) is 6.59. The van der Waals surface area contributed by atoms with Crippen LogP contribution in [0.15, 0.2) is 18.2 Å². The van der Waals surface area contributed by atoms with Crippen molar-refractivity contribution in [2.24, 2.45) is 0 Å². The molecule has 1 aliphatic rings. The largest absolute Gasteiger partial charge is 3.00 e. The van der Waals surface area contributed by atoms with Crippen molar-refractivity contribution in [2.75, 3.05) is 46.4 Å². The number of carbonyl (C=O) groups excluding carboxylic acids is 1. The third kappa shape index (κ3) is 70.0. The first-order chi connectivity index (χ1) is 15.0. The Hall–Kier alpha value is -0.586. The maximum atomic E-state index is 9.48. The Morgan fingerprint density at radius 1 is 0.781 bits per heavy atom. The summed E-state index contributed by atoms with van der Waals surface area (Å²) in [5.74, 6) is -0.495. The molecule has 0 aromatic rings. The molecule has 6 heteroatoms. The van der Waals surface area contributed by atoms with E-state index in [0.717, 1.165) is 45.7 Å². The van der Waals surface area contributed by atoms with Gasteiger partial charge in [-0.15, -0.1) is 45.7 Å². The summed E-state index contributed by atoms with van der Waals surface area (Å²) < 4.78 is 4.00. The summed E-state index contributed by atoms with van der Waals surface area (Å²) in [4.78, 5) is 9.48. The van der Waals surface area contributed by atoms with Gasteiger partial charge in [0.2, 0.25) is 0 Å². The van der Waals surface area contributed by atoms with Crippen LogP contribution in [-0.4, -0.2) is 52.3 Å². The Morgan fingerprint density at radius 3 is 1.16 bits per heavy atom. The quantitative estimate of drug-likeness (QED) is 0.122. The van der Waals surface area contributed by atoms with E-state index in [4.69, 9.17) is 0 Å². The molecule has 1 aliphatic carbocycles. The van der Waals surface area contributed by atoms with Crippen molar-refractivity contribution in [3.63, 3.8) is 0 Å². The Balaban J connectivity index is -0.0000000948. The molecule has 1 rings (SSSR count). The van der Waals surface area contributed by atoms with E-state index in [9.17, 15) is 4.79 Å². The molecule has 0 aromatic carbocycles. The normalized spacial score (nSPS) is 9.97. The molecule has 5 nitrogen and oxygen atoms in total. The predicted molar refractivity (Wildman–Crippen MR) is 140 cm³/mol. The van der Waals surface area contributed by atoms with Crippen molar-refractivity contribution < 1.29 is 31.2 Å². The summed E-state index contributed by atoms with van der Waals surface area (Å²) >= 11 is 0. The van der Waals surface area contributed by atoms with Crippen molar-refractivity contribution in [3.8, 4) is 0 Å². The molecule has 0 spiro atoms. The molecule has 0 fully saturated rings. The number of ether oxygens (including phenoxy) is 1. The number of carbonyl (C=O) groups is 1. The van der Waals surface area contributed by atoms with Crippen LogP contribution in [0.2, 0.25) is 0 Å². The zero-order valence-electron chi connectivity index (χ0n) is 22.3. The average Bonchev–Trinajstić information content (AvgIpc) is 3.37. The van der Waals surface area contributed by atoms with Crippen molar-refractivity contribution in [2.45, 2.75) is 86.5 Å². The van der Waals surface area contributed by atoms with E-state index in [0.29, 0.717) is 0 Å². The molecular formula is C26H52N3O2Ti-2. The number of rotatable bonds is 12. The predicted octanol–water partition coefficient (Wildman–Crippen LogP) is 7.84. The molecule has 189 valence electrons. The van der Waals surface area contributed by atoms with E-state index in [2.05, 4.69) is 81.3 Å². The summed E-state index contributed by atoms with van der Waals surface area (Å²) in [6.45, 7) is 22.1. The number of nitrogens with zero attached hydrogens (tertiary/aromatic N) is 3. The Morgan fingerprint density at radius 2 is 1.06 bits per heavy atom. The zero-order chi connectivity index (χ0) is 24.4. The van der Waals surface area contributed by atoms with Gasteiger partial charge in [-0.25, -0.2) is 12.2 Å². The van der Waals surface area contributed by atoms with Gasteiger partial charge in [-0.1, -0.05) is 80.1 Å². The van der Waals surface area contributed by atoms with Crippen LogP contribution >= 0.6 is 0 Å². The molecule has 0 atom stereocenters. The van der Waals surface area contributed by atoms with Crippen LogP contribution in [0.3, 0.4) is 0 Å². The average molecular weight is 487 g/mol. The van der Waals surface area contributed by atoms with E-state index in [1.807, 2.05) is 12.2 Å². The fourth-order valence-corrected chi connectivity index (χ4v) is 1.62. The Bertz CT molecular complexity index is 306. The van der Waals surface area contributed by atoms with E-state index in [-0.39, 0.29) is 21.7 Å². The second kappa shape index (κ2) is 48.0. The van der Waals surface area contributed by atoms with Crippen molar-refractivity contribution in [1.82, 2.24) is 0 Å². The van der Waals surface area contributed by atoms with E-state index >= 15 is 0 Å². The van der Waals surface area contributed by atoms with Crippen molar-refractivity contribution >= 4 is 5.97 Å². The van der Waals surface area contributed by atoms with Crippen LogP contribution in [0.25, 0.3) is 16.0 Å². The van der Waals surface area contributed by atoms with E-state index in [1.54, 1.807) is 0 Å².